The summed E-state index contributed by atoms with van der Waals surface area (Å²) in [6, 6.07) is 17.5. The van der Waals surface area contributed by atoms with E-state index in [2.05, 4.69) is 16.2 Å². The average Bonchev–Trinajstić information content (AvgIpc) is 3.10. The van der Waals surface area contributed by atoms with Crippen LogP contribution in [-0.4, -0.2) is 11.0 Å². The topological polar surface area (TPSA) is 66.3 Å². The summed E-state index contributed by atoms with van der Waals surface area (Å²) >= 11 is 17.2. The van der Waals surface area contributed by atoms with Gasteiger partial charge in [-0.3, -0.25) is 15.6 Å². The van der Waals surface area contributed by atoms with Crippen LogP contribution in [0.25, 0.3) is 11.3 Å². The maximum Gasteiger partial charge on any atom is 0.305 e. The summed E-state index contributed by atoms with van der Waals surface area (Å²) in [4.78, 5) is 12.2. The van der Waals surface area contributed by atoms with Crippen molar-refractivity contribution in [2.24, 2.45) is 0 Å². The van der Waals surface area contributed by atoms with Crippen LogP contribution in [0.1, 0.15) is 10.6 Å². The van der Waals surface area contributed by atoms with E-state index in [1.807, 2.05) is 18.2 Å². The summed E-state index contributed by atoms with van der Waals surface area (Å²) in [7, 11) is 0. The molecule has 8 heteroatoms. The van der Waals surface area contributed by atoms with Gasteiger partial charge in [-0.15, -0.1) is 0 Å². The Morgan fingerprint density at radius 3 is 2.54 bits per heavy atom. The number of hydrazine groups is 1. The molecular weight excluding hydrogens is 393 g/mol. The minimum Gasteiger partial charge on any atom is -0.451 e. The molecule has 0 unspecified atom stereocenters. The molecular formula is C18H13Cl2N3O2S. The Bertz CT molecular complexity index is 959. The summed E-state index contributed by atoms with van der Waals surface area (Å²) in [5.74, 6) is 0.150. The molecule has 0 aliphatic carbocycles. The lowest BCUT2D eigenvalue weighted by Crippen LogP contribution is -2.43. The first-order valence-corrected chi connectivity index (χ1v) is 8.67. The van der Waals surface area contributed by atoms with E-state index in [1.165, 1.54) is 0 Å². The Morgan fingerprint density at radius 1 is 0.962 bits per heavy atom. The molecule has 0 aliphatic rings. The highest BCUT2D eigenvalue weighted by molar-refractivity contribution is 7.80. The number of amides is 1. The molecule has 0 saturated heterocycles. The molecule has 1 aromatic heterocycles. The predicted molar refractivity (Wildman–Crippen MR) is 107 cm³/mol. The lowest BCUT2D eigenvalue weighted by molar-refractivity contribution is 0.0917. The molecule has 0 saturated carbocycles. The summed E-state index contributed by atoms with van der Waals surface area (Å²) in [6.07, 6.45) is 0. The van der Waals surface area contributed by atoms with Gasteiger partial charge in [0.05, 0.1) is 5.02 Å². The third-order valence-corrected chi connectivity index (χ3v) is 4.11. The Morgan fingerprint density at radius 2 is 1.77 bits per heavy atom. The molecule has 0 atom stereocenters. The average molecular weight is 406 g/mol. The molecule has 0 aliphatic heterocycles. The van der Waals surface area contributed by atoms with Crippen LogP contribution in [0.3, 0.4) is 0 Å². The van der Waals surface area contributed by atoms with Crippen LogP contribution in [0.15, 0.2) is 65.1 Å². The number of thiocarbonyl (C=S) groups is 1. The molecule has 3 rings (SSSR count). The third-order valence-electron chi connectivity index (χ3n) is 3.34. The van der Waals surface area contributed by atoms with Crippen molar-refractivity contribution in [2.75, 3.05) is 5.32 Å². The van der Waals surface area contributed by atoms with Crippen LogP contribution >= 0.6 is 35.4 Å². The van der Waals surface area contributed by atoms with Gasteiger partial charge >= 0.3 is 5.91 Å². The summed E-state index contributed by atoms with van der Waals surface area (Å²) in [5.41, 5.74) is 6.47. The van der Waals surface area contributed by atoms with Gasteiger partial charge in [0.2, 0.25) is 0 Å². The lowest BCUT2D eigenvalue weighted by Gasteiger charge is -2.11. The molecule has 0 bridgehead atoms. The number of anilines is 1. The van der Waals surface area contributed by atoms with Crippen molar-refractivity contribution >= 4 is 52.1 Å². The second kappa shape index (κ2) is 8.23. The van der Waals surface area contributed by atoms with E-state index in [4.69, 9.17) is 39.8 Å². The second-order valence-electron chi connectivity index (χ2n) is 5.19. The SMILES string of the molecule is O=C(NNC(=S)Nc1cccc(Cl)c1)c1ccc(-c2ccccc2Cl)o1. The van der Waals surface area contributed by atoms with E-state index in [-0.39, 0.29) is 10.9 Å². The first-order chi connectivity index (χ1) is 12.5. The van der Waals surface area contributed by atoms with Gasteiger partial charge in [-0.1, -0.05) is 41.4 Å². The van der Waals surface area contributed by atoms with Gasteiger partial charge in [0.25, 0.3) is 0 Å². The van der Waals surface area contributed by atoms with Crippen molar-refractivity contribution in [1.82, 2.24) is 10.9 Å². The maximum atomic E-state index is 12.2. The van der Waals surface area contributed by atoms with Crippen molar-refractivity contribution in [3.8, 4) is 11.3 Å². The third kappa shape index (κ3) is 4.54. The molecule has 5 nitrogen and oxygen atoms in total. The van der Waals surface area contributed by atoms with Gasteiger partial charge < -0.3 is 9.73 Å². The lowest BCUT2D eigenvalue weighted by atomic mass is 10.2. The van der Waals surface area contributed by atoms with Gasteiger partial charge in [0.1, 0.15) is 5.76 Å². The van der Waals surface area contributed by atoms with Crippen molar-refractivity contribution in [1.29, 1.82) is 0 Å². The fourth-order valence-corrected chi connectivity index (χ4v) is 2.76. The standard InChI is InChI=1S/C18H13Cl2N3O2S/c19-11-4-3-5-12(10-11)21-18(26)23-22-17(24)16-9-8-15(25-16)13-6-1-2-7-14(13)20/h1-10H,(H,22,24)(H2,21,23,26). The number of furan rings is 1. The second-order valence-corrected chi connectivity index (χ2v) is 6.44. The monoisotopic (exact) mass is 405 g/mol. The number of carbonyl (C=O) groups excluding carboxylic acids is 1. The van der Waals surface area contributed by atoms with Gasteiger partial charge in [-0.2, -0.15) is 0 Å². The van der Waals surface area contributed by atoms with E-state index in [0.29, 0.717) is 27.1 Å². The minimum absolute atomic E-state index is 0.123. The minimum atomic E-state index is -0.474. The Hall–Kier alpha value is -2.54. The molecule has 1 heterocycles. The number of hydrogen-bond donors (Lipinski definition) is 3. The van der Waals surface area contributed by atoms with E-state index < -0.39 is 5.91 Å². The van der Waals surface area contributed by atoms with Gasteiger partial charge in [-0.25, -0.2) is 0 Å². The van der Waals surface area contributed by atoms with Gasteiger partial charge in [0, 0.05) is 16.3 Å². The van der Waals surface area contributed by atoms with E-state index in [0.717, 1.165) is 0 Å². The van der Waals surface area contributed by atoms with Crippen molar-refractivity contribution in [3.05, 3.63) is 76.5 Å². The summed E-state index contributed by atoms with van der Waals surface area (Å²) in [6.45, 7) is 0. The number of hydrogen-bond acceptors (Lipinski definition) is 3. The number of rotatable bonds is 3. The highest BCUT2D eigenvalue weighted by Crippen LogP contribution is 2.28. The first kappa shape index (κ1) is 18.3. The molecule has 26 heavy (non-hydrogen) atoms. The van der Waals surface area contributed by atoms with Crippen LogP contribution in [0, 0.1) is 0 Å². The van der Waals surface area contributed by atoms with E-state index >= 15 is 0 Å². The Balaban J connectivity index is 1.59. The van der Waals surface area contributed by atoms with Crippen molar-refractivity contribution < 1.29 is 9.21 Å². The zero-order valence-corrected chi connectivity index (χ0v) is 15.6. The molecule has 3 aromatic rings. The van der Waals surface area contributed by atoms with Crippen LogP contribution in [0.5, 0.6) is 0 Å². The Labute approximate surface area is 165 Å². The largest absolute Gasteiger partial charge is 0.451 e. The number of benzene rings is 2. The molecule has 0 radical (unpaired) electrons. The molecule has 0 fully saturated rings. The molecule has 2 aromatic carbocycles. The predicted octanol–water partition coefficient (Wildman–Crippen LogP) is 4.88. The molecule has 3 N–H and O–H groups in total. The fraction of sp³-hybridized carbons (Fsp3) is 0. The zero-order valence-electron chi connectivity index (χ0n) is 13.3. The zero-order chi connectivity index (χ0) is 18.5. The number of halogens is 2. The summed E-state index contributed by atoms with van der Waals surface area (Å²) < 4.78 is 5.56. The van der Waals surface area contributed by atoms with Crippen LogP contribution in [-0.2, 0) is 0 Å². The van der Waals surface area contributed by atoms with Gasteiger partial charge in [-0.05, 0) is 54.7 Å². The smallest absolute Gasteiger partial charge is 0.305 e. The van der Waals surface area contributed by atoms with E-state index in [1.54, 1.807) is 42.5 Å². The number of carbonyl (C=O) groups is 1. The Kier molecular flexibility index (Phi) is 5.78. The molecule has 0 spiro atoms. The molecule has 132 valence electrons. The van der Waals surface area contributed by atoms with E-state index in [9.17, 15) is 4.79 Å². The summed E-state index contributed by atoms with van der Waals surface area (Å²) in [5, 5.41) is 4.22. The number of nitrogens with one attached hydrogen (secondary N) is 3. The quantitative estimate of drug-likeness (QED) is 0.427. The van der Waals surface area contributed by atoms with Crippen molar-refractivity contribution in [2.45, 2.75) is 0 Å². The highest BCUT2D eigenvalue weighted by atomic mass is 35.5. The maximum absolute atomic E-state index is 12.2. The highest BCUT2D eigenvalue weighted by Gasteiger charge is 2.14. The van der Waals surface area contributed by atoms with Crippen LogP contribution in [0.4, 0.5) is 5.69 Å². The molecule has 1 amide bonds. The van der Waals surface area contributed by atoms with Crippen LogP contribution < -0.4 is 16.2 Å². The fourth-order valence-electron chi connectivity index (χ4n) is 2.17. The normalized spacial score (nSPS) is 10.2. The van der Waals surface area contributed by atoms with Crippen molar-refractivity contribution in [3.63, 3.8) is 0 Å². The first-order valence-electron chi connectivity index (χ1n) is 7.50. The van der Waals surface area contributed by atoms with Gasteiger partial charge in [0.15, 0.2) is 10.9 Å². The van der Waals surface area contributed by atoms with Crippen LogP contribution in [0.2, 0.25) is 10.0 Å².